The Balaban J connectivity index is 1.59. The summed E-state index contributed by atoms with van der Waals surface area (Å²) in [7, 11) is 0. The second kappa shape index (κ2) is 8.73. The second-order valence-corrected chi connectivity index (χ2v) is 8.67. The number of hydrogen-bond donors (Lipinski definition) is 1. The SMILES string of the molecule is Cc1ccn2c(CC3CN(C(=O)O)CCO3)c(-c3c(F)cc(N4C(=O)CCC4=O)cc3F)nc2c1. The Kier molecular flexibility index (Phi) is 5.72. The molecule has 3 aromatic rings. The minimum Gasteiger partial charge on any atom is -0.465 e. The lowest BCUT2D eigenvalue weighted by Gasteiger charge is -2.31. The highest BCUT2D eigenvalue weighted by Gasteiger charge is 2.33. The number of hydrogen-bond acceptors (Lipinski definition) is 5. The molecule has 3 amide bonds. The van der Waals surface area contributed by atoms with E-state index in [2.05, 4.69) is 4.98 Å². The maximum absolute atomic E-state index is 15.4. The summed E-state index contributed by atoms with van der Waals surface area (Å²) in [6.45, 7) is 2.42. The molecule has 11 heteroatoms. The van der Waals surface area contributed by atoms with Crippen LogP contribution in [0.2, 0.25) is 0 Å². The van der Waals surface area contributed by atoms with Gasteiger partial charge in [0.25, 0.3) is 0 Å². The van der Waals surface area contributed by atoms with E-state index in [1.54, 1.807) is 16.7 Å². The number of anilines is 1. The third kappa shape index (κ3) is 4.12. The van der Waals surface area contributed by atoms with Crippen LogP contribution in [0.1, 0.15) is 24.1 Å². The van der Waals surface area contributed by atoms with Crippen molar-refractivity contribution < 1.29 is 33.0 Å². The minimum absolute atomic E-state index is 0.00545. The monoisotopic (exact) mass is 484 g/mol. The summed E-state index contributed by atoms with van der Waals surface area (Å²) in [5.74, 6) is -2.96. The summed E-state index contributed by atoms with van der Waals surface area (Å²) in [6.07, 6.45) is 0.284. The van der Waals surface area contributed by atoms with Crippen molar-refractivity contribution in [3.8, 4) is 11.3 Å². The number of rotatable bonds is 4. The van der Waals surface area contributed by atoms with Gasteiger partial charge in [0.15, 0.2) is 0 Å². The van der Waals surface area contributed by atoms with Gasteiger partial charge < -0.3 is 19.1 Å². The van der Waals surface area contributed by atoms with Crippen LogP contribution in [0.5, 0.6) is 0 Å². The first-order chi connectivity index (χ1) is 16.7. The third-order valence-electron chi connectivity index (χ3n) is 6.28. The van der Waals surface area contributed by atoms with Crippen LogP contribution in [-0.4, -0.2) is 63.1 Å². The molecule has 0 aliphatic carbocycles. The summed E-state index contributed by atoms with van der Waals surface area (Å²) < 4.78 is 38.2. The van der Waals surface area contributed by atoms with Gasteiger partial charge in [0.05, 0.1) is 41.9 Å². The van der Waals surface area contributed by atoms with Crippen LogP contribution in [0.3, 0.4) is 0 Å². The number of imidazole rings is 1. The predicted octanol–water partition coefficient (Wildman–Crippen LogP) is 3.16. The number of fused-ring (bicyclic) bond motifs is 1. The summed E-state index contributed by atoms with van der Waals surface area (Å²) >= 11 is 0. The molecule has 1 N–H and O–H groups in total. The lowest BCUT2D eigenvalue weighted by atomic mass is 10.0. The highest BCUT2D eigenvalue weighted by Crippen LogP contribution is 2.35. The molecule has 5 rings (SSSR count). The van der Waals surface area contributed by atoms with Gasteiger partial charge in [0.1, 0.15) is 17.3 Å². The fourth-order valence-electron chi connectivity index (χ4n) is 4.60. The molecule has 2 saturated heterocycles. The van der Waals surface area contributed by atoms with Crippen LogP contribution in [-0.2, 0) is 20.7 Å². The molecule has 9 nitrogen and oxygen atoms in total. The molecule has 0 radical (unpaired) electrons. The quantitative estimate of drug-likeness (QED) is 0.571. The molecule has 2 aliphatic rings. The van der Waals surface area contributed by atoms with Crippen LogP contribution in [0.4, 0.5) is 19.3 Å². The number of benzene rings is 1. The zero-order valence-corrected chi connectivity index (χ0v) is 18.8. The topological polar surface area (TPSA) is 104 Å². The maximum atomic E-state index is 15.4. The van der Waals surface area contributed by atoms with Crippen molar-refractivity contribution in [2.75, 3.05) is 24.6 Å². The van der Waals surface area contributed by atoms with Crippen molar-refractivity contribution in [2.24, 2.45) is 0 Å². The maximum Gasteiger partial charge on any atom is 0.407 e. The van der Waals surface area contributed by atoms with Crippen molar-refractivity contribution >= 4 is 29.2 Å². The average molecular weight is 484 g/mol. The zero-order chi connectivity index (χ0) is 24.9. The molecule has 0 saturated carbocycles. The largest absolute Gasteiger partial charge is 0.465 e. The average Bonchev–Trinajstić information content (AvgIpc) is 3.32. The van der Waals surface area contributed by atoms with E-state index in [-0.39, 0.29) is 50.3 Å². The smallest absolute Gasteiger partial charge is 0.407 e. The van der Waals surface area contributed by atoms with Gasteiger partial charge in [-0.2, -0.15) is 0 Å². The van der Waals surface area contributed by atoms with Gasteiger partial charge >= 0.3 is 6.09 Å². The molecule has 2 aromatic heterocycles. The number of carbonyl (C=O) groups is 3. The predicted molar refractivity (Wildman–Crippen MR) is 120 cm³/mol. The summed E-state index contributed by atoms with van der Waals surface area (Å²) in [6, 6.07) is 5.52. The van der Waals surface area contributed by atoms with E-state index in [0.29, 0.717) is 11.3 Å². The van der Waals surface area contributed by atoms with Crippen molar-refractivity contribution in [1.29, 1.82) is 0 Å². The summed E-state index contributed by atoms with van der Waals surface area (Å²) in [5, 5.41) is 9.34. The highest BCUT2D eigenvalue weighted by molar-refractivity contribution is 6.19. The molecule has 0 spiro atoms. The van der Waals surface area contributed by atoms with Crippen molar-refractivity contribution in [2.45, 2.75) is 32.3 Å². The molecule has 2 aliphatic heterocycles. The lowest BCUT2D eigenvalue weighted by molar-refractivity contribution is -0.121. The molecule has 35 heavy (non-hydrogen) atoms. The van der Waals surface area contributed by atoms with E-state index in [0.717, 1.165) is 22.6 Å². The van der Waals surface area contributed by atoms with E-state index in [9.17, 15) is 19.5 Å². The van der Waals surface area contributed by atoms with Gasteiger partial charge in [-0.25, -0.2) is 18.6 Å². The summed E-state index contributed by atoms with van der Waals surface area (Å²) in [5.41, 5.74) is 1.31. The number of aryl methyl sites for hydroxylation is 1. The Hall–Kier alpha value is -3.86. The number of halogens is 2. The fraction of sp³-hybridized carbons (Fsp3) is 0.333. The van der Waals surface area contributed by atoms with Gasteiger partial charge in [-0.3, -0.25) is 14.5 Å². The minimum atomic E-state index is -1.06. The Morgan fingerprint density at radius 2 is 1.86 bits per heavy atom. The first-order valence-corrected chi connectivity index (χ1v) is 11.1. The van der Waals surface area contributed by atoms with Crippen molar-refractivity contribution in [3.63, 3.8) is 0 Å². The Labute approximate surface area is 198 Å². The fourth-order valence-corrected chi connectivity index (χ4v) is 4.60. The first-order valence-electron chi connectivity index (χ1n) is 11.1. The Morgan fingerprint density at radius 3 is 2.51 bits per heavy atom. The number of carbonyl (C=O) groups excluding carboxylic acids is 2. The molecular formula is C24H22F2N4O5. The second-order valence-electron chi connectivity index (χ2n) is 8.67. The molecule has 1 aromatic carbocycles. The van der Waals surface area contributed by atoms with Gasteiger partial charge in [-0.1, -0.05) is 0 Å². The highest BCUT2D eigenvalue weighted by atomic mass is 19.1. The number of pyridine rings is 1. The first kappa shape index (κ1) is 22.9. The number of carboxylic acid groups (broad SMARTS) is 1. The summed E-state index contributed by atoms with van der Waals surface area (Å²) in [4.78, 5) is 42.0. The van der Waals surface area contributed by atoms with Crippen LogP contribution in [0.25, 0.3) is 16.9 Å². The number of aromatic nitrogens is 2. The van der Waals surface area contributed by atoms with Gasteiger partial charge in [0, 0.05) is 32.0 Å². The molecule has 1 unspecified atom stereocenters. The number of ether oxygens (including phenoxy) is 1. The Bertz CT molecular complexity index is 1330. The van der Waals surface area contributed by atoms with E-state index in [4.69, 9.17) is 4.74 Å². The standard InChI is InChI=1S/C24H22F2N4O5/c1-13-4-5-29-18(11-15-12-28(24(33)34)6-7-35-15)23(27-19(29)8-13)22-16(25)9-14(10-17(22)26)30-20(31)2-3-21(30)32/h4-5,8-10,15H,2-3,6-7,11-12H2,1H3,(H,33,34). The van der Waals surface area contributed by atoms with Gasteiger partial charge in [0.2, 0.25) is 11.8 Å². The number of amides is 3. The normalized spacial score (nSPS) is 18.7. The van der Waals surface area contributed by atoms with E-state index < -0.39 is 41.2 Å². The molecule has 0 bridgehead atoms. The zero-order valence-electron chi connectivity index (χ0n) is 18.8. The van der Waals surface area contributed by atoms with Crippen LogP contribution >= 0.6 is 0 Å². The van der Waals surface area contributed by atoms with E-state index in [1.807, 2.05) is 13.0 Å². The van der Waals surface area contributed by atoms with E-state index in [1.165, 1.54) is 4.90 Å². The molecule has 182 valence electrons. The van der Waals surface area contributed by atoms with Gasteiger partial charge in [-0.05, 0) is 36.8 Å². The number of nitrogens with zero attached hydrogens (tertiary/aromatic N) is 4. The molecule has 2 fully saturated rings. The van der Waals surface area contributed by atoms with Crippen molar-refractivity contribution in [3.05, 3.63) is 53.4 Å². The van der Waals surface area contributed by atoms with Crippen LogP contribution in [0.15, 0.2) is 30.5 Å². The Morgan fingerprint density at radius 1 is 1.17 bits per heavy atom. The number of imide groups is 1. The van der Waals surface area contributed by atoms with Gasteiger partial charge in [-0.15, -0.1) is 0 Å². The van der Waals surface area contributed by atoms with E-state index >= 15 is 8.78 Å². The third-order valence-corrected chi connectivity index (χ3v) is 6.28. The van der Waals surface area contributed by atoms with Crippen LogP contribution in [0, 0.1) is 18.6 Å². The van der Waals surface area contributed by atoms with Crippen LogP contribution < -0.4 is 4.90 Å². The van der Waals surface area contributed by atoms with Crippen molar-refractivity contribution in [1.82, 2.24) is 14.3 Å². The molecular weight excluding hydrogens is 462 g/mol. The lowest BCUT2D eigenvalue weighted by Crippen LogP contribution is -2.45. The molecule has 4 heterocycles. The molecule has 1 atom stereocenters. The number of morpholine rings is 1.